The van der Waals surface area contributed by atoms with E-state index >= 15 is 0 Å². The minimum atomic E-state index is -0.767. The summed E-state index contributed by atoms with van der Waals surface area (Å²) in [6, 6.07) is 0. The van der Waals surface area contributed by atoms with Crippen molar-refractivity contribution in [2.24, 2.45) is 11.8 Å². The van der Waals surface area contributed by atoms with E-state index in [1.807, 2.05) is 6.92 Å². The van der Waals surface area contributed by atoms with Gasteiger partial charge in [0.05, 0.1) is 0 Å². The van der Waals surface area contributed by atoms with Gasteiger partial charge in [-0.2, -0.15) is 0 Å². The van der Waals surface area contributed by atoms with Gasteiger partial charge in [-0.1, -0.05) is 20.8 Å². The largest absolute Gasteiger partial charge is 0.481 e. The van der Waals surface area contributed by atoms with Gasteiger partial charge in [0, 0.05) is 31.9 Å². The van der Waals surface area contributed by atoms with E-state index in [0.29, 0.717) is 37.2 Å². The lowest BCUT2D eigenvalue weighted by Crippen LogP contribution is -2.26. The van der Waals surface area contributed by atoms with Gasteiger partial charge in [0.25, 0.3) is 5.56 Å². The highest BCUT2D eigenvalue weighted by Crippen LogP contribution is 2.10. The van der Waals surface area contributed by atoms with Gasteiger partial charge in [0.2, 0.25) is 0 Å². The maximum Gasteiger partial charge on any atom is 0.303 e. The molecule has 1 rings (SSSR count). The quantitative estimate of drug-likeness (QED) is 0.729. The van der Waals surface area contributed by atoms with Crippen molar-refractivity contribution < 1.29 is 9.90 Å². The van der Waals surface area contributed by atoms with Crippen LogP contribution in [0.4, 0.5) is 5.82 Å². The molecule has 0 bridgehead atoms. The molecule has 1 atom stereocenters. The van der Waals surface area contributed by atoms with Gasteiger partial charge in [0.1, 0.15) is 0 Å². The Balaban J connectivity index is 2.48. The normalized spacial score (nSPS) is 12.4. The van der Waals surface area contributed by atoms with E-state index in [4.69, 9.17) is 5.11 Å². The number of aliphatic carboxylic acids is 1. The monoisotopic (exact) mass is 295 g/mol. The molecule has 6 nitrogen and oxygen atoms in total. The summed E-state index contributed by atoms with van der Waals surface area (Å²) >= 11 is 0. The summed E-state index contributed by atoms with van der Waals surface area (Å²) in [4.78, 5) is 26.7. The SMILES string of the molecule is CC(C)Cn1ccnc(NCCC(C)CCC(=O)O)c1=O. The lowest BCUT2D eigenvalue weighted by Gasteiger charge is -2.12. The highest BCUT2D eigenvalue weighted by molar-refractivity contribution is 5.66. The molecule has 0 aromatic carbocycles. The summed E-state index contributed by atoms with van der Waals surface area (Å²) in [5.41, 5.74) is -0.107. The molecule has 0 radical (unpaired) electrons. The summed E-state index contributed by atoms with van der Waals surface area (Å²) in [6.45, 7) is 7.42. The Morgan fingerprint density at radius 3 is 2.71 bits per heavy atom. The fraction of sp³-hybridized carbons (Fsp3) is 0.667. The first-order valence-electron chi connectivity index (χ1n) is 7.41. The topological polar surface area (TPSA) is 84.2 Å². The van der Waals surface area contributed by atoms with Crippen molar-refractivity contribution in [2.45, 2.75) is 46.6 Å². The molecule has 0 spiro atoms. The second-order valence-electron chi connectivity index (χ2n) is 5.88. The Labute approximate surface area is 125 Å². The van der Waals surface area contributed by atoms with Crippen molar-refractivity contribution in [3.63, 3.8) is 0 Å². The molecule has 118 valence electrons. The molecule has 0 aliphatic rings. The first-order valence-corrected chi connectivity index (χ1v) is 7.41. The van der Waals surface area contributed by atoms with Gasteiger partial charge < -0.3 is 15.0 Å². The first kappa shape index (κ1) is 17.2. The number of carboxylic acid groups (broad SMARTS) is 1. The number of nitrogens with one attached hydrogen (secondary N) is 1. The third-order valence-electron chi connectivity index (χ3n) is 3.26. The van der Waals surface area contributed by atoms with Crippen LogP contribution in [0.15, 0.2) is 17.2 Å². The van der Waals surface area contributed by atoms with Crippen LogP contribution in [0, 0.1) is 11.8 Å². The van der Waals surface area contributed by atoms with Gasteiger partial charge in [-0.3, -0.25) is 9.59 Å². The van der Waals surface area contributed by atoms with Gasteiger partial charge in [0.15, 0.2) is 5.82 Å². The molecular formula is C15H25N3O3. The van der Waals surface area contributed by atoms with Gasteiger partial charge in [-0.05, 0) is 24.7 Å². The molecule has 0 amide bonds. The minimum Gasteiger partial charge on any atom is -0.481 e. The second kappa shape index (κ2) is 8.44. The molecule has 0 aliphatic heterocycles. The van der Waals surface area contributed by atoms with E-state index in [-0.39, 0.29) is 12.0 Å². The number of carboxylic acids is 1. The van der Waals surface area contributed by atoms with E-state index in [1.165, 1.54) is 0 Å². The number of nitrogens with zero attached hydrogens (tertiary/aromatic N) is 2. The van der Waals surface area contributed by atoms with Crippen LogP contribution in [0.3, 0.4) is 0 Å². The van der Waals surface area contributed by atoms with Crippen LogP contribution < -0.4 is 10.9 Å². The van der Waals surface area contributed by atoms with Crippen LogP contribution in [0.5, 0.6) is 0 Å². The van der Waals surface area contributed by atoms with E-state index < -0.39 is 5.97 Å². The standard InChI is InChI=1S/C15H25N3O3/c1-11(2)10-18-9-8-17-14(15(18)21)16-7-6-12(3)4-5-13(19)20/h8-9,11-12H,4-7,10H2,1-3H3,(H,16,17)(H,19,20). The van der Waals surface area contributed by atoms with Crippen molar-refractivity contribution in [3.05, 3.63) is 22.7 Å². The molecule has 21 heavy (non-hydrogen) atoms. The van der Waals surface area contributed by atoms with Crippen LogP contribution in [-0.2, 0) is 11.3 Å². The Morgan fingerprint density at radius 1 is 1.38 bits per heavy atom. The molecule has 1 aromatic heterocycles. The summed E-state index contributed by atoms with van der Waals surface area (Å²) in [5, 5.41) is 11.7. The summed E-state index contributed by atoms with van der Waals surface area (Å²) in [5.74, 6) is 0.295. The summed E-state index contributed by atoms with van der Waals surface area (Å²) in [6.07, 6.45) is 4.97. The van der Waals surface area contributed by atoms with Crippen LogP contribution in [0.25, 0.3) is 0 Å². The number of rotatable bonds is 9. The first-order chi connectivity index (χ1) is 9.90. The Kier molecular flexibility index (Phi) is 6.91. The molecule has 0 fully saturated rings. The third kappa shape index (κ3) is 6.42. The lowest BCUT2D eigenvalue weighted by atomic mass is 10.0. The maximum absolute atomic E-state index is 12.2. The minimum absolute atomic E-state index is 0.107. The second-order valence-corrected chi connectivity index (χ2v) is 5.88. The smallest absolute Gasteiger partial charge is 0.303 e. The number of hydrogen-bond donors (Lipinski definition) is 2. The molecule has 0 saturated heterocycles. The molecule has 0 aliphatic carbocycles. The van der Waals surface area contributed by atoms with Gasteiger partial charge in [-0.25, -0.2) is 4.98 Å². The highest BCUT2D eigenvalue weighted by Gasteiger charge is 2.08. The van der Waals surface area contributed by atoms with Crippen LogP contribution in [-0.4, -0.2) is 27.2 Å². The maximum atomic E-state index is 12.2. The molecule has 2 N–H and O–H groups in total. The molecule has 1 unspecified atom stereocenters. The molecular weight excluding hydrogens is 270 g/mol. The zero-order valence-corrected chi connectivity index (χ0v) is 13.0. The van der Waals surface area contributed by atoms with Crippen molar-refractivity contribution in [1.29, 1.82) is 0 Å². The fourth-order valence-electron chi connectivity index (χ4n) is 2.06. The number of aromatic nitrogens is 2. The summed E-state index contributed by atoms with van der Waals surface area (Å²) < 4.78 is 1.66. The fourth-order valence-corrected chi connectivity index (χ4v) is 2.06. The van der Waals surface area contributed by atoms with Crippen LogP contribution >= 0.6 is 0 Å². The van der Waals surface area contributed by atoms with Crippen molar-refractivity contribution in [3.8, 4) is 0 Å². The van der Waals surface area contributed by atoms with E-state index in [1.54, 1.807) is 17.0 Å². The van der Waals surface area contributed by atoms with Crippen molar-refractivity contribution >= 4 is 11.8 Å². The van der Waals surface area contributed by atoms with Crippen molar-refractivity contribution in [1.82, 2.24) is 9.55 Å². The van der Waals surface area contributed by atoms with Gasteiger partial charge >= 0.3 is 5.97 Å². The third-order valence-corrected chi connectivity index (χ3v) is 3.26. The van der Waals surface area contributed by atoms with E-state index in [2.05, 4.69) is 24.1 Å². The Hall–Kier alpha value is -1.85. The summed E-state index contributed by atoms with van der Waals surface area (Å²) in [7, 11) is 0. The average molecular weight is 295 g/mol. The lowest BCUT2D eigenvalue weighted by molar-refractivity contribution is -0.137. The van der Waals surface area contributed by atoms with Crippen LogP contribution in [0.2, 0.25) is 0 Å². The number of hydrogen-bond acceptors (Lipinski definition) is 4. The van der Waals surface area contributed by atoms with Crippen molar-refractivity contribution in [2.75, 3.05) is 11.9 Å². The Bertz CT molecular complexity index is 511. The number of carbonyl (C=O) groups is 1. The zero-order valence-electron chi connectivity index (χ0n) is 13.0. The predicted molar refractivity (Wildman–Crippen MR) is 82.5 cm³/mol. The predicted octanol–water partition coefficient (Wildman–Crippen LogP) is 2.20. The number of anilines is 1. The molecule has 1 aromatic rings. The molecule has 1 heterocycles. The highest BCUT2D eigenvalue weighted by atomic mass is 16.4. The van der Waals surface area contributed by atoms with Crippen LogP contribution in [0.1, 0.15) is 40.0 Å². The Morgan fingerprint density at radius 2 is 2.10 bits per heavy atom. The van der Waals surface area contributed by atoms with E-state index in [9.17, 15) is 9.59 Å². The van der Waals surface area contributed by atoms with Gasteiger partial charge in [-0.15, -0.1) is 0 Å². The average Bonchev–Trinajstić information content (AvgIpc) is 2.40. The molecule has 0 saturated carbocycles. The zero-order chi connectivity index (χ0) is 15.8. The molecule has 6 heteroatoms. The van der Waals surface area contributed by atoms with E-state index in [0.717, 1.165) is 6.42 Å².